The molecule has 1 fully saturated rings. The number of carbonyl (C=O) groups excluding carboxylic acids is 1. The van der Waals surface area contributed by atoms with E-state index in [4.69, 9.17) is 23.2 Å². The largest absolute Gasteiger partial charge is 0.417 e. The highest BCUT2D eigenvalue weighted by Gasteiger charge is 2.33. The number of rotatable bonds is 4. The molecule has 1 aromatic heterocycles. The van der Waals surface area contributed by atoms with Gasteiger partial charge in [-0.2, -0.15) is 13.2 Å². The number of halogens is 5. The van der Waals surface area contributed by atoms with Crippen LogP contribution in [0.3, 0.4) is 0 Å². The number of anilines is 3. The van der Waals surface area contributed by atoms with E-state index in [0.29, 0.717) is 42.5 Å². The van der Waals surface area contributed by atoms with Gasteiger partial charge in [0.1, 0.15) is 5.82 Å². The fourth-order valence-corrected chi connectivity index (χ4v) is 4.11. The number of hydrogen-bond donors (Lipinski definition) is 1. The Bertz CT molecular complexity index is 929. The molecule has 162 valence electrons. The second-order valence-corrected chi connectivity index (χ2v) is 8.12. The van der Waals surface area contributed by atoms with Crippen molar-refractivity contribution in [3.63, 3.8) is 0 Å². The zero-order valence-electron chi connectivity index (χ0n) is 16.4. The van der Waals surface area contributed by atoms with E-state index in [1.165, 1.54) is 0 Å². The highest BCUT2D eigenvalue weighted by atomic mass is 35.5. The molecule has 1 aliphatic rings. The summed E-state index contributed by atoms with van der Waals surface area (Å²) in [4.78, 5) is 20.3. The fourth-order valence-electron chi connectivity index (χ4n) is 3.48. The first-order chi connectivity index (χ1) is 14.1. The van der Waals surface area contributed by atoms with Gasteiger partial charge < -0.3 is 15.1 Å². The predicted molar refractivity (Wildman–Crippen MR) is 114 cm³/mol. The molecule has 2 heterocycles. The molecule has 1 aromatic carbocycles. The summed E-state index contributed by atoms with van der Waals surface area (Å²) in [7, 11) is 3.69. The number of amides is 1. The summed E-state index contributed by atoms with van der Waals surface area (Å²) >= 11 is 12.3. The number of para-hydroxylation sites is 1. The average Bonchev–Trinajstić information content (AvgIpc) is 2.67. The molecule has 1 N–H and O–H groups in total. The molecule has 10 heteroatoms. The molecule has 0 saturated carbocycles. The predicted octanol–water partition coefficient (Wildman–Crippen LogP) is 5.33. The van der Waals surface area contributed by atoms with Crippen LogP contribution in [0.5, 0.6) is 0 Å². The molecule has 2 aromatic rings. The van der Waals surface area contributed by atoms with Gasteiger partial charge >= 0.3 is 6.18 Å². The minimum Gasteiger partial charge on any atom is -0.375 e. The standard InChI is InChI=1S/C20H21Cl2F3N4O/c1-28(2)17-14(21)4-3-5-16(17)27-19(30)12-6-8-29(9-7-12)18-15(22)10-13(11-26-18)20(23,24)25/h3-5,10-12H,6-9H2,1-2H3,(H,27,30). The van der Waals surface area contributed by atoms with Crippen LogP contribution in [0.4, 0.5) is 30.4 Å². The van der Waals surface area contributed by atoms with Crippen LogP contribution in [0.1, 0.15) is 18.4 Å². The van der Waals surface area contributed by atoms with E-state index in [0.717, 1.165) is 18.0 Å². The molecule has 0 radical (unpaired) electrons. The number of benzene rings is 1. The van der Waals surface area contributed by atoms with E-state index in [1.54, 1.807) is 23.1 Å². The van der Waals surface area contributed by atoms with Crippen molar-refractivity contribution >= 4 is 46.3 Å². The fraction of sp³-hybridized carbons (Fsp3) is 0.400. The first-order valence-corrected chi connectivity index (χ1v) is 10.1. The second-order valence-electron chi connectivity index (χ2n) is 7.31. The van der Waals surface area contributed by atoms with Crippen LogP contribution in [0.2, 0.25) is 10.0 Å². The van der Waals surface area contributed by atoms with Gasteiger partial charge in [-0.05, 0) is 31.0 Å². The van der Waals surface area contributed by atoms with Crippen molar-refractivity contribution in [2.24, 2.45) is 5.92 Å². The molecular formula is C20H21Cl2F3N4O. The highest BCUT2D eigenvalue weighted by Crippen LogP contribution is 2.36. The SMILES string of the molecule is CN(C)c1c(Cl)cccc1NC(=O)C1CCN(c2ncc(C(F)(F)F)cc2Cl)CC1. The Morgan fingerprint density at radius 2 is 1.87 bits per heavy atom. The molecule has 0 spiro atoms. The minimum absolute atomic E-state index is 0.0534. The zero-order valence-corrected chi connectivity index (χ0v) is 17.9. The number of piperidine rings is 1. The summed E-state index contributed by atoms with van der Waals surface area (Å²) in [5.41, 5.74) is 0.474. The van der Waals surface area contributed by atoms with Crippen molar-refractivity contribution in [1.29, 1.82) is 0 Å². The molecule has 0 unspecified atom stereocenters. The lowest BCUT2D eigenvalue weighted by atomic mass is 9.95. The van der Waals surface area contributed by atoms with Crippen molar-refractivity contribution in [2.45, 2.75) is 19.0 Å². The van der Waals surface area contributed by atoms with E-state index < -0.39 is 11.7 Å². The first-order valence-electron chi connectivity index (χ1n) is 9.32. The topological polar surface area (TPSA) is 48.5 Å². The minimum atomic E-state index is -4.49. The van der Waals surface area contributed by atoms with Gasteiger partial charge in [-0.25, -0.2) is 4.98 Å². The Morgan fingerprint density at radius 1 is 1.20 bits per heavy atom. The maximum atomic E-state index is 12.8. The Morgan fingerprint density at radius 3 is 2.43 bits per heavy atom. The smallest absolute Gasteiger partial charge is 0.375 e. The number of carbonyl (C=O) groups is 1. The maximum absolute atomic E-state index is 12.8. The Labute approximate surface area is 182 Å². The number of aromatic nitrogens is 1. The molecule has 1 aliphatic heterocycles. The van der Waals surface area contributed by atoms with Gasteiger partial charge in [-0.3, -0.25) is 4.79 Å². The zero-order chi connectivity index (χ0) is 22.1. The van der Waals surface area contributed by atoms with E-state index in [1.807, 2.05) is 19.0 Å². The van der Waals surface area contributed by atoms with Crippen molar-refractivity contribution in [1.82, 2.24) is 4.98 Å². The molecule has 3 rings (SSSR count). The van der Waals surface area contributed by atoms with E-state index in [9.17, 15) is 18.0 Å². The van der Waals surface area contributed by atoms with Gasteiger partial charge in [0.2, 0.25) is 5.91 Å². The molecule has 0 atom stereocenters. The maximum Gasteiger partial charge on any atom is 0.417 e. The Balaban J connectivity index is 1.65. The van der Waals surface area contributed by atoms with Gasteiger partial charge in [0.25, 0.3) is 0 Å². The van der Waals surface area contributed by atoms with Crippen LogP contribution < -0.4 is 15.1 Å². The monoisotopic (exact) mass is 460 g/mol. The van der Waals surface area contributed by atoms with Crippen molar-refractivity contribution in [3.05, 3.63) is 46.1 Å². The van der Waals surface area contributed by atoms with Crippen LogP contribution >= 0.6 is 23.2 Å². The third kappa shape index (κ3) is 4.92. The van der Waals surface area contributed by atoms with Crippen LogP contribution in [-0.4, -0.2) is 38.1 Å². The van der Waals surface area contributed by atoms with Gasteiger partial charge in [-0.15, -0.1) is 0 Å². The summed E-state index contributed by atoms with van der Waals surface area (Å²) < 4.78 is 38.4. The first kappa shape index (κ1) is 22.5. The van der Waals surface area contributed by atoms with Crippen LogP contribution in [-0.2, 0) is 11.0 Å². The van der Waals surface area contributed by atoms with Crippen molar-refractivity contribution in [3.8, 4) is 0 Å². The summed E-state index contributed by atoms with van der Waals surface area (Å²) in [6.45, 7) is 0.929. The lowest BCUT2D eigenvalue weighted by molar-refractivity contribution is -0.137. The second kappa shape index (κ2) is 8.89. The molecular weight excluding hydrogens is 440 g/mol. The number of pyridine rings is 1. The van der Waals surface area contributed by atoms with Crippen LogP contribution in [0.25, 0.3) is 0 Å². The van der Waals surface area contributed by atoms with Crippen LogP contribution in [0.15, 0.2) is 30.5 Å². The lowest BCUT2D eigenvalue weighted by Gasteiger charge is -2.33. The van der Waals surface area contributed by atoms with Gasteiger partial charge in [0, 0.05) is 39.3 Å². The summed E-state index contributed by atoms with van der Waals surface area (Å²) in [5.74, 6) is -0.0526. The highest BCUT2D eigenvalue weighted by molar-refractivity contribution is 6.34. The van der Waals surface area contributed by atoms with Gasteiger partial charge in [0.05, 0.1) is 27.0 Å². The lowest BCUT2D eigenvalue weighted by Crippen LogP contribution is -2.38. The van der Waals surface area contributed by atoms with Gasteiger partial charge in [-0.1, -0.05) is 29.3 Å². The van der Waals surface area contributed by atoms with E-state index in [2.05, 4.69) is 10.3 Å². The molecule has 1 amide bonds. The molecule has 0 bridgehead atoms. The molecule has 1 saturated heterocycles. The quantitative estimate of drug-likeness (QED) is 0.669. The van der Waals surface area contributed by atoms with Crippen molar-refractivity contribution < 1.29 is 18.0 Å². The molecule has 30 heavy (non-hydrogen) atoms. The third-order valence-corrected chi connectivity index (χ3v) is 5.59. The van der Waals surface area contributed by atoms with E-state index >= 15 is 0 Å². The molecule has 5 nitrogen and oxygen atoms in total. The third-order valence-electron chi connectivity index (χ3n) is 5.01. The number of nitrogens with zero attached hydrogens (tertiary/aromatic N) is 3. The summed E-state index contributed by atoms with van der Waals surface area (Å²) in [6.07, 6.45) is -2.65. The Hall–Kier alpha value is -2.19. The van der Waals surface area contributed by atoms with Crippen molar-refractivity contribution in [2.75, 3.05) is 42.3 Å². The molecule has 0 aliphatic carbocycles. The summed E-state index contributed by atoms with van der Waals surface area (Å²) in [5, 5.41) is 3.43. The van der Waals surface area contributed by atoms with E-state index in [-0.39, 0.29) is 16.8 Å². The average molecular weight is 461 g/mol. The number of hydrogen-bond acceptors (Lipinski definition) is 4. The number of nitrogens with one attached hydrogen (secondary N) is 1. The number of alkyl halides is 3. The summed E-state index contributed by atoms with van der Waals surface area (Å²) in [6, 6.07) is 6.20. The normalized spacial score (nSPS) is 15.2. The van der Waals surface area contributed by atoms with Crippen LogP contribution in [0, 0.1) is 5.92 Å². The Kier molecular flexibility index (Phi) is 6.67. The van der Waals surface area contributed by atoms with Gasteiger partial charge in [0.15, 0.2) is 0 Å².